The molecule has 0 saturated carbocycles. The molecule has 2 unspecified atom stereocenters. The number of rotatable bonds is 3. The second-order valence-electron chi connectivity index (χ2n) is 2.35. The van der Waals surface area contributed by atoms with Gasteiger partial charge in [-0.3, -0.25) is 0 Å². The first-order chi connectivity index (χ1) is 6.11. The van der Waals surface area contributed by atoms with Gasteiger partial charge in [0.2, 0.25) is 0 Å². The molecule has 1 aromatic rings. The standard InChI is InChI=1S/C7H10N2O2S2/c1-12(10)9-6-4-2-3-5-7(6)13(8)11/h2-5,9H,8H2,1H3. The first-order valence-corrected chi connectivity index (χ1v) is 6.23. The number of hydrogen-bond acceptors (Lipinski definition) is 2. The third-order valence-electron chi connectivity index (χ3n) is 1.36. The molecule has 0 spiro atoms. The van der Waals surface area contributed by atoms with Gasteiger partial charge in [-0.1, -0.05) is 12.1 Å². The number of para-hydroxylation sites is 1. The summed E-state index contributed by atoms with van der Waals surface area (Å²) in [6.45, 7) is 0. The molecule has 0 heterocycles. The molecule has 0 amide bonds. The van der Waals surface area contributed by atoms with Gasteiger partial charge in [0.25, 0.3) is 0 Å². The Morgan fingerprint density at radius 3 is 2.46 bits per heavy atom. The van der Waals surface area contributed by atoms with Crippen molar-refractivity contribution in [2.45, 2.75) is 4.90 Å². The van der Waals surface area contributed by atoms with Crippen molar-refractivity contribution in [3.05, 3.63) is 24.3 Å². The molecule has 0 aliphatic rings. The number of nitrogens with one attached hydrogen (secondary N) is 1. The molecule has 0 bridgehead atoms. The minimum atomic E-state index is -1.55. The number of benzene rings is 1. The summed E-state index contributed by atoms with van der Waals surface area (Å²) < 4.78 is 24.5. The van der Waals surface area contributed by atoms with E-state index in [0.717, 1.165) is 0 Å². The fourth-order valence-corrected chi connectivity index (χ4v) is 1.98. The molecular weight excluding hydrogens is 208 g/mol. The second kappa shape index (κ2) is 4.50. The molecule has 0 radical (unpaired) electrons. The van der Waals surface area contributed by atoms with E-state index in [1.807, 2.05) is 0 Å². The molecule has 72 valence electrons. The average Bonchev–Trinajstić information content (AvgIpc) is 2.03. The molecule has 2 atom stereocenters. The topological polar surface area (TPSA) is 72.2 Å². The molecule has 3 N–H and O–H groups in total. The summed E-state index contributed by atoms with van der Waals surface area (Å²) in [6, 6.07) is 6.79. The molecule has 0 aromatic heterocycles. The van der Waals surface area contributed by atoms with Crippen molar-refractivity contribution in [2.24, 2.45) is 5.14 Å². The predicted molar refractivity (Wildman–Crippen MR) is 54.7 cm³/mol. The molecule has 13 heavy (non-hydrogen) atoms. The Bertz CT molecular complexity index is 354. The molecule has 0 fully saturated rings. The van der Waals surface area contributed by atoms with Crippen LogP contribution in [-0.4, -0.2) is 14.7 Å². The largest absolute Gasteiger partial charge is 0.304 e. The van der Waals surface area contributed by atoms with Crippen molar-refractivity contribution >= 4 is 27.7 Å². The highest BCUT2D eigenvalue weighted by atomic mass is 32.2. The van der Waals surface area contributed by atoms with E-state index in [1.165, 1.54) is 6.26 Å². The van der Waals surface area contributed by atoms with E-state index in [4.69, 9.17) is 5.14 Å². The normalized spacial score (nSPS) is 14.9. The van der Waals surface area contributed by atoms with E-state index in [1.54, 1.807) is 24.3 Å². The molecule has 0 saturated heterocycles. The van der Waals surface area contributed by atoms with E-state index < -0.39 is 22.0 Å². The van der Waals surface area contributed by atoms with Crippen molar-refractivity contribution in [2.75, 3.05) is 11.0 Å². The molecule has 0 aliphatic heterocycles. The van der Waals surface area contributed by atoms with Gasteiger partial charge in [-0.2, -0.15) is 0 Å². The Labute approximate surface area is 81.7 Å². The van der Waals surface area contributed by atoms with Crippen molar-refractivity contribution in [3.8, 4) is 0 Å². The van der Waals surface area contributed by atoms with Gasteiger partial charge in [0.15, 0.2) is 0 Å². The van der Waals surface area contributed by atoms with E-state index in [2.05, 4.69) is 4.72 Å². The van der Waals surface area contributed by atoms with Crippen LogP contribution in [0, 0.1) is 0 Å². The van der Waals surface area contributed by atoms with Crippen LogP contribution in [0.3, 0.4) is 0 Å². The van der Waals surface area contributed by atoms with E-state index in [-0.39, 0.29) is 0 Å². The lowest BCUT2D eigenvalue weighted by Gasteiger charge is -2.06. The summed E-state index contributed by atoms with van der Waals surface area (Å²) in [5.41, 5.74) is 0.546. The van der Waals surface area contributed by atoms with Crippen LogP contribution in [0.2, 0.25) is 0 Å². The highest BCUT2D eigenvalue weighted by molar-refractivity contribution is 7.86. The SMILES string of the molecule is CS(=O)Nc1ccccc1S(N)=O. The van der Waals surface area contributed by atoms with Crippen molar-refractivity contribution in [3.63, 3.8) is 0 Å². The third-order valence-corrected chi connectivity index (χ3v) is 2.65. The summed E-state index contributed by atoms with van der Waals surface area (Å²) in [5, 5.41) is 5.22. The van der Waals surface area contributed by atoms with Gasteiger partial charge in [-0.25, -0.2) is 13.6 Å². The fourth-order valence-electron chi connectivity index (χ4n) is 0.881. The Balaban J connectivity index is 3.04. The smallest absolute Gasteiger partial charge is 0.124 e. The molecule has 1 rings (SSSR count). The third kappa shape index (κ3) is 2.91. The van der Waals surface area contributed by atoms with Gasteiger partial charge >= 0.3 is 0 Å². The minimum Gasteiger partial charge on any atom is -0.304 e. The molecular formula is C7H10N2O2S2. The summed E-state index contributed by atoms with van der Waals surface area (Å²) in [5.74, 6) is 0. The van der Waals surface area contributed by atoms with Crippen molar-refractivity contribution in [1.29, 1.82) is 0 Å². The summed E-state index contributed by atoms with van der Waals surface area (Å²) >= 11 is 0. The lowest BCUT2D eigenvalue weighted by molar-refractivity contribution is 0.684. The first-order valence-electron chi connectivity index (χ1n) is 3.46. The van der Waals surface area contributed by atoms with Gasteiger partial charge in [0, 0.05) is 6.26 Å². The van der Waals surface area contributed by atoms with Crippen LogP contribution in [0.1, 0.15) is 0 Å². The van der Waals surface area contributed by atoms with Crippen LogP contribution in [-0.2, 0) is 22.0 Å². The highest BCUT2D eigenvalue weighted by Crippen LogP contribution is 2.17. The minimum absolute atomic E-state index is 0.456. The van der Waals surface area contributed by atoms with Gasteiger partial charge in [0.05, 0.1) is 10.6 Å². The summed E-state index contributed by atoms with van der Waals surface area (Å²) in [4.78, 5) is 0.456. The molecule has 6 heteroatoms. The molecule has 0 aliphatic carbocycles. The number of hydrogen-bond donors (Lipinski definition) is 2. The maximum atomic E-state index is 11.0. The van der Waals surface area contributed by atoms with Crippen LogP contribution in [0.5, 0.6) is 0 Å². The average molecular weight is 218 g/mol. The maximum Gasteiger partial charge on any atom is 0.124 e. The van der Waals surface area contributed by atoms with E-state index >= 15 is 0 Å². The lowest BCUT2D eigenvalue weighted by Crippen LogP contribution is -2.09. The number of nitrogens with two attached hydrogens (primary N) is 1. The van der Waals surface area contributed by atoms with Gasteiger partial charge in [-0.05, 0) is 12.1 Å². The quantitative estimate of drug-likeness (QED) is 0.769. The van der Waals surface area contributed by atoms with Crippen LogP contribution in [0.4, 0.5) is 5.69 Å². The fraction of sp³-hybridized carbons (Fsp3) is 0.143. The van der Waals surface area contributed by atoms with E-state index in [9.17, 15) is 8.42 Å². The Morgan fingerprint density at radius 1 is 1.31 bits per heavy atom. The van der Waals surface area contributed by atoms with Crippen LogP contribution in [0.15, 0.2) is 29.2 Å². The zero-order chi connectivity index (χ0) is 9.84. The zero-order valence-electron chi connectivity index (χ0n) is 7.02. The van der Waals surface area contributed by atoms with Crippen molar-refractivity contribution < 1.29 is 8.42 Å². The van der Waals surface area contributed by atoms with Gasteiger partial charge < -0.3 is 4.72 Å². The Morgan fingerprint density at radius 2 is 1.92 bits per heavy atom. The number of anilines is 1. The highest BCUT2D eigenvalue weighted by Gasteiger charge is 2.05. The molecule has 1 aromatic carbocycles. The summed E-state index contributed by atoms with van der Waals surface area (Å²) in [6.07, 6.45) is 1.50. The van der Waals surface area contributed by atoms with Gasteiger partial charge in [-0.15, -0.1) is 0 Å². The second-order valence-corrected chi connectivity index (χ2v) is 4.50. The van der Waals surface area contributed by atoms with E-state index in [0.29, 0.717) is 10.6 Å². The predicted octanol–water partition coefficient (Wildman–Crippen LogP) is 0.373. The maximum absolute atomic E-state index is 11.0. The molecule has 4 nitrogen and oxygen atoms in total. The Hall–Kier alpha value is -0.720. The summed E-state index contributed by atoms with van der Waals surface area (Å²) in [7, 11) is -2.74. The zero-order valence-corrected chi connectivity index (χ0v) is 8.65. The van der Waals surface area contributed by atoms with Gasteiger partial charge in [0.1, 0.15) is 22.0 Å². The lowest BCUT2D eigenvalue weighted by atomic mass is 10.3. The van der Waals surface area contributed by atoms with Crippen molar-refractivity contribution in [1.82, 2.24) is 0 Å². The monoisotopic (exact) mass is 218 g/mol. The van der Waals surface area contributed by atoms with Crippen LogP contribution >= 0.6 is 0 Å². The van der Waals surface area contributed by atoms with Crippen LogP contribution < -0.4 is 9.86 Å². The first kappa shape index (κ1) is 10.4. The Kier molecular flexibility index (Phi) is 3.58. The van der Waals surface area contributed by atoms with Crippen LogP contribution in [0.25, 0.3) is 0 Å².